The van der Waals surface area contributed by atoms with Crippen LogP contribution in [-0.4, -0.2) is 26.8 Å². The molecule has 0 unspecified atom stereocenters. The van der Waals surface area contributed by atoms with Gasteiger partial charge >= 0.3 is 0 Å². The monoisotopic (exact) mass is 471 g/mol. The molecule has 0 saturated carbocycles. The summed E-state index contributed by atoms with van der Waals surface area (Å²) in [7, 11) is 0. The molecule has 2 N–H and O–H groups in total. The number of halogens is 1. The molecule has 154 valence electrons. The molecule has 1 amide bonds. The Bertz CT molecular complexity index is 1240. The minimum Gasteiger partial charge on any atom is -0.295 e. The number of aryl methyl sites for hydroxylation is 1. The lowest BCUT2D eigenvalue weighted by Gasteiger charge is -2.10. The van der Waals surface area contributed by atoms with Crippen LogP contribution in [-0.2, 0) is 0 Å². The highest BCUT2D eigenvalue weighted by Crippen LogP contribution is 2.24. The minimum atomic E-state index is -0.744. The first-order valence-corrected chi connectivity index (χ1v) is 9.66. The summed E-state index contributed by atoms with van der Waals surface area (Å²) in [5.41, 5.74) is 4.92. The van der Waals surface area contributed by atoms with Crippen LogP contribution in [0.2, 0.25) is 0 Å². The first-order valence-electron chi connectivity index (χ1n) is 8.87. The lowest BCUT2D eigenvalue weighted by atomic mass is 10.1. The quantitative estimate of drug-likeness (QED) is 0.335. The molecule has 2 aromatic carbocycles. The fourth-order valence-corrected chi connectivity index (χ4v) is 3.37. The summed E-state index contributed by atoms with van der Waals surface area (Å²) >= 11 is 3.47. The second kappa shape index (κ2) is 8.46. The number of carbonyl (C=O) groups excluding carboxylic acids is 1. The zero-order valence-corrected chi connectivity index (χ0v) is 18.0. The molecule has 10 heteroatoms. The maximum Gasteiger partial charge on any atom is 0.282 e. The van der Waals surface area contributed by atoms with Gasteiger partial charge in [0.1, 0.15) is 5.56 Å². The van der Waals surface area contributed by atoms with Crippen molar-refractivity contribution in [2.75, 3.05) is 0 Å². The van der Waals surface area contributed by atoms with Gasteiger partial charge in [0.05, 0.1) is 22.4 Å². The van der Waals surface area contributed by atoms with E-state index in [4.69, 9.17) is 0 Å². The van der Waals surface area contributed by atoms with E-state index >= 15 is 0 Å². The molecule has 0 fully saturated rings. The Balaban J connectivity index is 1.88. The average molecular weight is 472 g/mol. The minimum absolute atomic E-state index is 0.121. The molecule has 30 heavy (non-hydrogen) atoms. The third-order valence-electron chi connectivity index (χ3n) is 4.76. The number of carbonyl (C=O) groups is 1. The molecule has 0 aliphatic carbocycles. The van der Waals surface area contributed by atoms with E-state index in [1.807, 2.05) is 26.0 Å². The number of nitrogens with one attached hydrogen (secondary N) is 2. The molecule has 3 rings (SSSR count). The van der Waals surface area contributed by atoms with E-state index in [2.05, 4.69) is 31.6 Å². The SMILES string of the molecule is Cc1[nH]n(-c2ccc(Br)c(C)c2C)c(=O)c1C=NNC(=O)c1ccccc1[N+](=O)[O-]. The van der Waals surface area contributed by atoms with Crippen LogP contribution in [0.4, 0.5) is 5.69 Å². The third kappa shape index (κ3) is 3.94. The molecule has 1 aromatic heterocycles. The Morgan fingerprint density at radius 3 is 2.60 bits per heavy atom. The second-order valence-electron chi connectivity index (χ2n) is 6.58. The van der Waals surface area contributed by atoms with E-state index in [1.165, 1.54) is 35.2 Å². The molecule has 0 saturated heterocycles. The Morgan fingerprint density at radius 1 is 1.20 bits per heavy atom. The predicted octanol–water partition coefficient (Wildman–Crippen LogP) is 3.53. The summed E-state index contributed by atoms with van der Waals surface area (Å²) in [6.45, 7) is 5.58. The van der Waals surface area contributed by atoms with Crippen LogP contribution in [0.15, 0.2) is 50.8 Å². The van der Waals surface area contributed by atoms with Gasteiger partial charge in [0, 0.05) is 16.2 Å². The van der Waals surface area contributed by atoms with Crippen molar-refractivity contribution in [1.29, 1.82) is 0 Å². The van der Waals surface area contributed by atoms with E-state index in [9.17, 15) is 19.7 Å². The van der Waals surface area contributed by atoms with Gasteiger partial charge < -0.3 is 0 Å². The highest BCUT2D eigenvalue weighted by atomic mass is 79.9. The van der Waals surface area contributed by atoms with Crippen LogP contribution >= 0.6 is 15.9 Å². The van der Waals surface area contributed by atoms with Crippen molar-refractivity contribution < 1.29 is 9.72 Å². The number of hydrogen-bond acceptors (Lipinski definition) is 5. The number of nitrogens with zero attached hydrogens (tertiary/aromatic N) is 3. The van der Waals surface area contributed by atoms with Gasteiger partial charge in [-0.2, -0.15) is 5.10 Å². The molecule has 1 heterocycles. The number of H-pyrrole nitrogens is 1. The smallest absolute Gasteiger partial charge is 0.282 e. The molecule has 3 aromatic rings. The van der Waals surface area contributed by atoms with Crippen molar-refractivity contribution in [3.05, 3.63) is 89.3 Å². The van der Waals surface area contributed by atoms with Crippen molar-refractivity contribution in [2.45, 2.75) is 20.8 Å². The van der Waals surface area contributed by atoms with Gasteiger partial charge in [0.2, 0.25) is 0 Å². The van der Waals surface area contributed by atoms with E-state index < -0.39 is 10.8 Å². The number of hydrogen-bond donors (Lipinski definition) is 2. The summed E-state index contributed by atoms with van der Waals surface area (Å²) in [5, 5.41) is 17.9. The summed E-state index contributed by atoms with van der Waals surface area (Å²) in [4.78, 5) is 35.5. The fourth-order valence-electron chi connectivity index (χ4n) is 2.94. The van der Waals surface area contributed by atoms with E-state index in [0.717, 1.165) is 15.6 Å². The van der Waals surface area contributed by atoms with Gasteiger partial charge in [-0.3, -0.25) is 24.8 Å². The van der Waals surface area contributed by atoms with Crippen LogP contribution in [0, 0.1) is 30.9 Å². The third-order valence-corrected chi connectivity index (χ3v) is 5.61. The number of amides is 1. The van der Waals surface area contributed by atoms with Crippen molar-refractivity contribution >= 4 is 33.7 Å². The Kier molecular flexibility index (Phi) is 5.97. The number of hydrazone groups is 1. The van der Waals surface area contributed by atoms with Gasteiger partial charge in [-0.25, -0.2) is 10.1 Å². The van der Waals surface area contributed by atoms with E-state index in [0.29, 0.717) is 11.4 Å². The predicted molar refractivity (Wildman–Crippen MR) is 116 cm³/mol. The number of nitro groups is 1. The zero-order valence-electron chi connectivity index (χ0n) is 16.4. The van der Waals surface area contributed by atoms with E-state index in [-0.39, 0.29) is 22.4 Å². The molecular weight excluding hydrogens is 454 g/mol. The maximum absolute atomic E-state index is 12.9. The highest BCUT2D eigenvalue weighted by molar-refractivity contribution is 9.10. The van der Waals surface area contributed by atoms with Gasteiger partial charge in [-0.1, -0.05) is 28.1 Å². The molecule has 9 nitrogen and oxygen atoms in total. The van der Waals surface area contributed by atoms with Crippen molar-refractivity contribution in [3.63, 3.8) is 0 Å². The molecule has 0 bridgehead atoms. The van der Waals surface area contributed by atoms with E-state index in [1.54, 1.807) is 6.92 Å². The Labute approximate surface area is 179 Å². The first-order chi connectivity index (χ1) is 14.2. The molecule has 0 atom stereocenters. The highest BCUT2D eigenvalue weighted by Gasteiger charge is 2.19. The summed E-state index contributed by atoms with van der Waals surface area (Å²) in [5.74, 6) is -0.744. The second-order valence-corrected chi connectivity index (χ2v) is 7.44. The molecular formula is C20H18BrN5O4. The van der Waals surface area contributed by atoms with Crippen LogP contribution in [0.1, 0.15) is 32.7 Å². The molecule has 0 aliphatic heterocycles. The van der Waals surface area contributed by atoms with Gasteiger partial charge in [-0.15, -0.1) is 0 Å². The average Bonchev–Trinajstić information content (AvgIpc) is 3.00. The maximum atomic E-state index is 12.9. The number of aromatic nitrogens is 2. The largest absolute Gasteiger partial charge is 0.295 e. The molecule has 0 radical (unpaired) electrons. The normalized spacial score (nSPS) is 11.1. The first kappa shape index (κ1) is 21.2. The Hall–Kier alpha value is -3.53. The summed E-state index contributed by atoms with van der Waals surface area (Å²) in [6.07, 6.45) is 1.22. The molecule has 0 spiro atoms. The zero-order chi connectivity index (χ0) is 22.0. The van der Waals surface area contributed by atoms with Crippen LogP contribution < -0.4 is 11.0 Å². The topological polar surface area (TPSA) is 122 Å². The standard InChI is InChI=1S/C20H18BrN5O4/c1-11-12(2)17(9-8-16(11)21)25-20(28)15(13(3)24-25)10-22-23-19(27)14-6-4-5-7-18(14)26(29)30/h4-10,24H,1-3H3,(H,23,27). The van der Waals surface area contributed by atoms with Gasteiger partial charge in [-0.05, 0) is 50.1 Å². The van der Waals surface area contributed by atoms with Crippen molar-refractivity contribution in [2.24, 2.45) is 5.10 Å². The number of rotatable bonds is 5. The number of nitro benzene ring substituents is 1. The van der Waals surface area contributed by atoms with Crippen LogP contribution in [0.5, 0.6) is 0 Å². The van der Waals surface area contributed by atoms with Crippen LogP contribution in [0.3, 0.4) is 0 Å². The summed E-state index contributed by atoms with van der Waals surface area (Å²) in [6, 6.07) is 9.23. The fraction of sp³-hybridized carbons (Fsp3) is 0.150. The van der Waals surface area contributed by atoms with Gasteiger partial charge in [0.15, 0.2) is 0 Å². The number of aromatic amines is 1. The molecule has 0 aliphatic rings. The van der Waals surface area contributed by atoms with Crippen molar-refractivity contribution in [3.8, 4) is 5.69 Å². The lowest BCUT2D eigenvalue weighted by Crippen LogP contribution is -2.21. The number of para-hydroxylation sites is 1. The van der Waals surface area contributed by atoms with Crippen LogP contribution in [0.25, 0.3) is 5.69 Å². The summed E-state index contributed by atoms with van der Waals surface area (Å²) < 4.78 is 2.36. The van der Waals surface area contributed by atoms with Crippen molar-refractivity contribution in [1.82, 2.24) is 15.2 Å². The number of benzene rings is 2. The Morgan fingerprint density at radius 2 is 1.90 bits per heavy atom. The lowest BCUT2D eigenvalue weighted by molar-refractivity contribution is -0.385. The van der Waals surface area contributed by atoms with Gasteiger partial charge in [0.25, 0.3) is 17.2 Å².